The Kier molecular flexibility index (Phi) is 9.06. The number of hydrogen-bond acceptors (Lipinski definition) is 0. The van der Waals surface area contributed by atoms with Crippen molar-refractivity contribution >= 4 is 48.2 Å². The molecule has 60 valence electrons. The second-order valence-electron chi connectivity index (χ2n) is 2.59. The fraction of sp³-hybridized carbons (Fsp3) is 1.00. The first-order valence-corrected chi connectivity index (χ1v) is 8.34. The lowest BCUT2D eigenvalue weighted by Gasteiger charge is -1.96. The Labute approximate surface area is 79.2 Å². The Balaban J connectivity index is 2.77. The minimum atomic E-state index is -0.120. The molecule has 0 saturated carbocycles. The molecular formula is C5H15BCl2Si2. The Morgan fingerprint density at radius 2 is 2.00 bits per heavy atom. The molecule has 0 aromatic rings. The molecule has 0 bridgehead atoms. The van der Waals surface area contributed by atoms with Gasteiger partial charge in [-0.25, -0.2) is 0 Å². The van der Waals surface area contributed by atoms with Crippen LogP contribution in [0.3, 0.4) is 0 Å². The molecular weight excluding hydrogens is 198 g/mol. The van der Waals surface area contributed by atoms with Crippen molar-refractivity contribution in [3.8, 4) is 0 Å². The van der Waals surface area contributed by atoms with Crippen LogP contribution in [-0.2, 0) is 0 Å². The van der Waals surface area contributed by atoms with Crippen molar-refractivity contribution in [1.82, 2.24) is 0 Å². The third kappa shape index (κ3) is 9.08. The van der Waals surface area contributed by atoms with Crippen LogP contribution in [0.2, 0.25) is 24.5 Å². The molecule has 10 heavy (non-hydrogen) atoms. The zero-order valence-corrected chi connectivity index (χ0v) is 11.5. The van der Waals surface area contributed by atoms with E-state index in [4.69, 9.17) is 22.9 Å². The summed E-state index contributed by atoms with van der Waals surface area (Å²) >= 11 is 11.2. The average Bonchev–Trinajstić information content (AvgIpc) is 1.87. The van der Waals surface area contributed by atoms with E-state index >= 15 is 0 Å². The van der Waals surface area contributed by atoms with Gasteiger partial charge in [0.25, 0.3) is 0 Å². The maximum absolute atomic E-state index is 5.58. The Morgan fingerprint density at radius 1 is 1.30 bits per heavy atom. The first-order valence-electron chi connectivity index (χ1n) is 4.05. The van der Waals surface area contributed by atoms with Gasteiger partial charge in [0, 0.05) is 19.8 Å². The van der Waals surface area contributed by atoms with E-state index in [0.717, 1.165) is 6.32 Å². The smallest absolute Gasteiger partial charge is 0.172 e. The van der Waals surface area contributed by atoms with E-state index in [1.54, 1.807) is 6.04 Å². The van der Waals surface area contributed by atoms with Gasteiger partial charge in [-0.1, -0.05) is 24.6 Å². The van der Waals surface area contributed by atoms with Gasteiger partial charge in [-0.3, -0.25) is 0 Å². The van der Waals surface area contributed by atoms with Crippen LogP contribution in [0.15, 0.2) is 0 Å². The number of rotatable bonds is 6. The zero-order chi connectivity index (χ0) is 7.82. The lowest BCUT2D eigenvalue weighted by molar-refractivity contribution is 1.06. The molecule has 0 atom stereocenters. The monoisotopic (exact) mass is 212 g/mol. The minimum Gasteiger partial charge on any atom is -0.172 e. The molecule has 0 rings (SSSR count). The predicted molar refractivity (Wildman–Crippen MR) is 59.8 cm³/mol. The van der Waals surface area contributed by atoms with E-state index in [0.29, 0.717) is 0 Å². The molecule has 0 unspecified atom stereocenters. The predicted octanol–water partition coefficient (Wildman–Crippen LogP) is 1.13. The van der Waals surface area contributed by atoms with Crippen LogP contribution in [0.5, 0.6) is 0 Å². The van der Waals surface area contributed by atoms with Crippen molar-refractivity contribution in [2.24, 2.45) is 0 Å². The van der Waals surface area contributed by atoms with Crippen LogP contribution in [0.25, 0.3) is 0 Å². The fourth-order valence-electron chi connectivity index (χ4n) is 0.902. The van der Waals surface area contributed by atoms with E-state index in [-0.39, 0.29) is 15.1 Å². The van der Waals surface area contributed by atoms with E-state index in [9.17, 15) is 0 Å². The van der Waals surface area contributed by atoms with Gasteiger partial charge in [-0.05, 0) is 6.32 Å². The van der Waals surface area contributed by atoms with Gasteiger partial charge in [0.1, 0.15) is 0 Å². The quantitative estimate of drug-likeness (QED) is 0.458. The van der Waals surface area contributed by atoms with E-state index in [1.165, 1.54) is 28.8 Å². The number of halogens is 2. The van der Waals surface area contributed by atoms with Crippen LogP contribution in [-0.4, -0.2) is 25.3 Å². The highest BCUT2D eigenvalue weighted by molar-refractivity contribution is 7.33. The summed E-state index contributed by atoms with van der Waals surface area (Å²) in [6.45, 7) is 0. The molecule has 0 aromatic heterocycles. The standard InChI is InChI=1S/C5H15BCl2Si2/c7-6(8)2-1-4-10-5-3-9/h1-5,10H2,9H3. The Morgan fingerprint density at radius 3 is 2.50 bits per heavy atom. The largest absolute Gasteiger partial charge is 0.351 e. The molecule has 0 fully saturated rings. The summed E-state index contributed by atoms with van der Waals surface area (Å²) in [6.07, 6.45) is 2.25. The molecule has 0 amide bonds. The van der Waals surface area contributed by atoms with Crippen LogP contribution >= 0.6 is 22.9 Å². The van der Waals surface area contributed by atoms with Crippen LogP contribution in [0.4, 0.5) is 0 Å². The maximum Gasteiger partial charge on any atom is 0.351 e. The first-order chi connectivity index (χ1) is 4.77. The molecule has 0 aliphatic heterocycles. The molecule has 0 N–H and O–H groups in total. The summed E-state index contributed by atoms with van der Waals surface area (Å²) < 4.78 is 0. The summed E-state index contributed by atoms with van der Waals surface area (Å²) in [7, 11) is 1.67. The Bertz CT molecular complexity index is 72.7. The molecule has 0 saturated heterocycles. The highest BCUT2D eigenvalue weighted by Crippen LogP contribution is 2.08. The molecule has 0 spiro atoms. The van der Waals surface area contributed by atoms with Gasteiger partial charge in [-0.2, -0.15) is 22.9 Å². The second kappa shape index (κ2) is 8.18. The van der Waals surface area contributed by atoms with Crippen molar-refractivity contribution in [3.05, 3.63) is 0 Å². The highest BCUT2D eigenvalue weighted by Gasteiger charge is 2.03. The van der Waals surface area contributed by atoms with Crippen LogP contribution in [0.1, 0.15) is 6.42 Å². The molecule has 0 radical (unpaired) electrons. The molecule has 0 aliphatic rings. The SMILES string of the molecule is [SiH3]CC[SiH2]CCCB(Cl)Cl. The van der Waals surface area contributed by atoms with Crippen molar-refractivity contribution in [2.45, 2.75) is 30.9 Å². The van der Waals surface area contributed by atoms with Crippen molar-refractivity contribution in [1.29, 1.82) is 0 Å². The third-order valence-corrected chi connectivity index (χ3v) is 6.29. The molecule has 0 heterocycles. The van der Waals surface area contributed by atoms with Crippen molar-refractivity contribution in [2.75, 3.05) is 0 Å². The maximum atomic E-state index is 5.58. The molecule has 0 nitrogen and oxygen atoms in total. The van der Waals surface area contributed by atoms with Gasteiger partial charge in [0.2, 0.25) is 0 Å². The van der Waals surface area contributed by atoms with Gasteiger partial charge in [0.05, 0.1) is 0 Å². The van der Waals surface area contributed by atoms with E-state index < -0.39 is 0 Å². The van der Waals surface area contributed by atoms with Crippen molar-refractivity contribution < 1.29 is 0 Å². The fourth-order valence-corrected chi connectivity index (χ4v) is 4.21. The minimum absolute atomic E-state index is 0.120. The third-order valence-electron chi connectivity index (χ3n) is 1.53. The van der Waals surface area contributed by atoms with E-state index in [2.05, 4.69) is 0 Å². The normalized spacial score (nSPS) is 11.4. The van der Waals surface area contributed by atoms with Gasteiger partial charge < -0.3 is 0 Å². The van der Waals surface area contributed by atoms with Gasteiger partial charge in [-0.15, -0.1) is 0 Å². The van der Waals surface area contributed by atoms with E-state index in [1.807, 2.05) is 0 Å². The molecule has 0 aromatic carbocycles. The van der Waals surface area contributed by atoms with Crippen molar-refractivity contribution in [3.63, 3.8) is 0 Å². The summed E-state index contributed by atoms with van der Waals surface area (Å²) in [4.78, 5) is 0. The summed E-state index contributed by atoms with van der Waals surface area (Å²) in [5.41, 5.74) is -0.120. The molecule has 5 heteroatoms. The lowest BCUT2D eigenvalue weighted by atomic mass is 9.99. The Hall–Kier alpha value is 1.08. The van der Waals surface area contributed by atoms with Gasteiger partial charge in [0.15, 0.2) is 0 Å². The highest BCUT2D eigenvalue weighted by atomic mass is 35.5. The average molecular weight is 213 g/mol. The second-order valence-corrected chi connectivity index (χ2v) is 6.99. The summed E-state index contributed by atoms with van der Waals surface area (Å²) in [5.74, 6) is 0. The lowest BCUT2D eigenvalue weighted by Crippen LogP contribution is -1.94. The van der Waals surface area contributed by atoms with Crippen LogP contribution in [0, 0.1) is 0 Å². The van der Waals surface area contributed by atoms with Gasteiger partial charge >= 0.3 is 5.54 Å². The van der Waals surface area contributed by atoms with Crippen LogP contribution < -0.4 is 0 Å². The molecule has 0 aliphatic carbocycles. The zero-order valence-electron chi connectivity index (χ0n) is 6.58. The summed E-state index contributed by atoms with van der Waals surface area (Å²) in [5, 5.41) is 0. The number of hydrogen-bond donors (Lipinski definition) is 0. The topological polar surface area (TPSA) is 0 Å². The summed E-state index contributed by atoms with van der Waals surface area (Å²) in [6, 6.07) is 4.48. The first kappa shape index (κ1) is 11.1.